The fourth-order valence-corrected chi connectivity index (χ4v) is 2.98. The Morgan fingerprint density at radius 2 is 1.89 bits per heavy atom. The second-order valence-corrected chi connectivity index (χ2v) is 5.21. The first-order valence-electron chi connectivity index (χ1n) is 5.67. The van der Waals surface area contributed by atoms with E-state index in [4.69, 9.17) is 5.73 Å². The van der Waals surface area contributed by atoms with Crippen LogP contribution in [0.4, 0.5) is 5.69 Å². The molecule has 2 aromatic carbocycles. The molecule has 3 N–H and O–H groups in total. The molecule has 0 atom stereocenters. The molecular weight excluding hydrogens is 260 g/mol. The van der Waals surface area contributed by atoms with Crippen molar-refractivity contribution >= 4 is 29.3 Å². The minimum atomic E-state index is -0.479. The maximum absolute atomic E-state index is 12.1. The van der Waals surface area contributed by atoms with Crippen LogP contribution in [-0.4, -0.2) is 11.8 Å². The van der Waals surface area contributed by atoms with Crippen molar-refractivity contribution in [3.63, 3.8) is 0 Å². The van der Waals surface area contributed by atoms with E-state index in [-0.39, 0.29) is 5.91 Å². The van der Waals surface area contributed by atoms with Gasteiger partial charge in [-0.05, 0) is 30.3 Å². The highest BCUT2D eigenvalue weighted by atomic mass is 32.2. The van der Waals surface area contributed by atoms with Gasteiger partial charge in [0.05, 0.1) is 11.3 Å². The number of benzene rings is 2. The molecule has 2 amide bonds. The molecule has 0 unspecified atom stereocenters. The molecule has 94 valence electrons. The highest BCUT2D eigenvalue weighted by Crippen LogP contribution is 2.38. The molecule has 4 nitrogen and oxygen atoms in total. The van der Waals surface area contributed by atoms with Gasteiger partial charge in [-0.1, -0.05) is 23.9 Å². The van der Waals surface area contributed by atoms with E-state index in [2.05, 4.69) is 5.32 Å². The van der Waals surface area contributed by atoms with E-state index >= 15 is 0 Å². The Hall–Kier alpha value is -2.27. The summed E-state index contributed by atoms with van der Waals surface area (Å²) in [7, 11) is 0. The number of fused-ring (bicyclic) bond motifs is 2. The van der Waals surface area contributed by atoms with Crippen LogP contribution in [0, 0.1) is 0 Å². The van der Waals surface area contributed by atoms with Gasteiger partial charge in [0.25, 0.3) is 5.91 Å². The van der Waals surface area contributed by atoms with Gasteiger partial charge >= 0.3 is 0 Å². The van der Waals surface area contributed by atoms with Crippen LogP contribution in [-0.2, 0) is 0 Å². The Kier molecular flexibility index (Phi) is 2.76. The molecule has 1 heterocycles. The summed E-state index contributed by atoms with van der Waals surface area (Å²) >= 11 is 1.45. The fourth-order valence-electron chi connectivity index (χ4n) is 1.91. The number of carbonyl (C=O) groups excluding carboxylic acids is 2. The lowest BCUT2D eigenvalue weighted by atomic mass is 10.2. The zero-order valence-electron chi connectivity index (χ0n) is 9.84. The predicted octanol–water partition coefficient (Wildman–Crippen LogP) is 2.50. The summed E-state index contributed by atoms with van der Waals surface area (Å²) in [6.45, 7) is 0. The highest BCUT2D eigenvalue weighted by Gasteiger charge is 2.20. The third-order valence-corrected chi connectivity index (χ3v) is 4.00. The van der Waals surface area contributed by atoms with Crippen LogP contribution in [0.1, 0.15) is 20.7 Å². The first-order valence-corrected chi connectivity index (χ1v) is 6.49. The molecule has 0 bridgehead atoms. The van der Waals surface area contributed by atoms with Gasteiger partial charge in [0.2, 0.25) is 5.91 Å². The summed E-state index contributed by atoms with van der Waals surface area (Å²) in [6.07, 6.45) is 0. The zero-order valence-corrected chi connectivity index (χ0v) is 10.7. The molecule has 0 spiro atoms. The minimum Gasteiger partial charge on any atom is -0.366 e. The maximum atomic E-state index is 12.1. The lowest BCUT2D eigenvalue weighted by Crippen LogP contribution is -2.13. The summed E-state index contributed by atoms with van der Waals surface area (Å²) in [5.74, 6) is -0.624. The first-order chi connectivity index (χ1) is 9.15. The Bertz CT molecular complexity index is 698. The van der Waals surface area contributed by atoms with Crippen LogP contribution < -0.4 is 11.1 Å². The van der Waals surface area contributed by atoms with Crippen LogP contribution in [0.3, 0.4) is 0 Å². The van der Waals surface area contributed by atoms with Crippen LogP contribution in [0.2, 0.25) is 0 Å². The van der Waals surface area contributed by atoms with Crippen molar-refractivity contribution in [2.24, 2.45) is 5.73 Å². The molecule has 19 heavy (non-hydrogen) atoms. The minimum absolute atomic E-state index is 0.145. The topological polar surface area (TPSA) is 72.2 Å². The molecule has 5 heteroatoms. The third-order valence-electron chi connectivity index (χ3n) is 2.87. The predicted molar refractivity (Wildman–Crippen MR) is 73.5 cm³/mol. The van der Waals surface area contributed by atoms with Gasteiger partial charge < -0.3 is 11.1 Å². The van der Waals surface area contributed by atoms with Gasteiger partial charge in [0.15, 0.2) is 0 Å². The zero-order chi connectivity index (χ0) is 13.4. The van der Waals surface area contributed by atoms with E-state index in [0.29, 0.717) is 16.8 Å². The number of amides is 2. The van der Waals surface area contributed by atoms with Crippen molar-refractivity contribution in [1.29, 1.82) is 0 Å². The summed E-state index contributed by atoms with van der Waals surface area (Å²) in [6, 6.07) is 12.4. The average molecular weight is 270 g/mol. The van der Waals surface area contributed by atoms with Gasteiger partial charge in [0.1, 0.15) is 0 Å². The Morgan fingerprint density at radius 3 is 2.68 bits per heavy atom. The first kappa shape index (κ1) is 11.8. The number of primary amides is 1. The van der Waals surface area contributed by atoms with E-state index in [9.17, 15) is 9.59 Å². The third kappa shape index (κ3) is 2.08. The largest absolute Gasteiger partial charge is 0.366 e. The Balaban J connectivity index is 2.14. The van der Waals surface area contributed by atoms with Gasteiger partial charge in [0, 0.05) is 15.4 Å². The van der Waals surface area contributed by atoms with Gasteiger partial charge in [-0.3, -0.25) is 9.59 Å². The number of hydrogen-bond acceptors (Lipinski definition) is 3. The van der Waals surface area contributed by atoms with E-state index in [1.807, 2.05) is 18.2 Å². The van der Waals surface area contributed by atoms with Crippen molar-refractivity contribution in [3.05, 3.63) is 53.6 Å². The molecule has 0 saturated carbocycles. The lowest BCUT2D eigenvalue weighted by molar-refractivity contribution is 0.0998. The standard InChI is InChI=1S/C14H10N2O2S/c15-13(17)8-5-6-10-12(7-8)19-11-4-2-1-3-9(11)14(18)16-10/h1-7H,(H2,15,17)(H,16,18). The lowest BCUT2D eigenvalue weighted by Gasteiger charge is -2.06. The Labute approximate surface area is 114 Å². The molecule has 0 radical (unpaired) electrons. The quantitative estimate of drug-likeness (QED) is 0.836. The summed E-state index contributed by atoms with van der Waals surface area (Å²) in [5, 5.41) is 2.83. The molecule has 1 aliphatic rings. The number of carbonyl (C=O) groups is 2. The van der Waals surface area contributed by atoms with Crippen molar-refractivity contribution in [2.75, 3.05) is 5.32 Å². The SMILES string of the molecule is NC(=O)c1ccc2c(c1)Sc1ccccc1C(=O)N2. The van der Waals surface area contributed by atoms with Crippen molar-refractivity contribution in [1.82, 2.24) is 0 Å². The molecule has 0 aliphatic carbocycles. The summed E-state index contributed by atoms with van der Waals surface area (Å²) < 4.78 is 0. The molecule has 1 aliphatic heterocycles. The number of hydrogen-bond donors (Lipinski definition) is 2. The van der Waals surface area contributed by atoms with Crippen LogP contribution in [0.15, 0.2) is 52.3 Å². The number of nitrogens with two attached hydrogens (primary N) is 1. The van der Waals surface area contributed by atoms with E-state index in [1.165, 1.54) is 11.8 Å². The van der Waals surface area contributed by atoms with Crippen molar-refractivity contribution < 1.29 is 9.59 Å². The van der Waals surface area contributed by atoms with Crippen molar-refractivity contribution in [2.45, 2.75) is 9.79 Å². The second kappa shape index (κ2) is 4.44. The number of nitrogens with one attached hydrogen (secondary N) is 1. The molecule has 0 saturated heterocycles. The molecule has 3 rings (SSSR count). The van der Waals surface area contributed by atoms with E-state index in [0.717, 1.165) is 9.79 Å². The van der Waals surface area contributed by atoms with E-state index in [1.54, 1.807) is 24.3 Å². The van der Waals surface area contributed by atoms with Crippen LogP contribution in [0.25, 0.3) is 0 Å². The molecule has 0 aromatic heterocycles. The van der Waals surface area contributed by atoms with E-state index < -0.39 is 5.91 Å². The summed E-state index contributed by atoms with van der Waals surface area (Å²) in [5.41, 5.74) is 7.02. The number of rotatable bonds is 1. The molecule has 2 aromatic rings. The van der Waals surface area contributed by atoms with Crippen LogP contribution in [0.5, 0.6) is 0 Å². The van der Waals surface area contributed by atoms with Crippen LogP contribution >= 0.6 is 11.8 Å². The molecular formula is C14H10N2O2S. The van der Waals surface area contributed by atoms with Crippen molar-refractivity contribution in [3.8, 4) is 0 Å². The second-order valence-electron chi connectivity index (χ2n) is 4.13. The average Bonchev–Trinajstić information content (AvgIpc) is 2.54. The Morgan fingerprint density at radius 1 is 1.11 bits per heavy atom. The summed E-state index contributed by atoms with van der Waals surface area (Å²) in [4.78, 5) is 25.0. The number of anilines is 1. The molecule has 0 fully saturated rings. The smallest absolute Gasteiger partial charge is 0.256 e. The monoisotopic (exact) mass is 270 g/mol. The maximum Gasteiger partial charge on any atom is 0.256 e. The normalized spacial score (nSPS) is 12.9. The van der Waals surface area contributed by atoms with Gasteiger partial charge in [-0.2, -0.15) is 0 Å². The highest BCUT2D eigenvalue weighted by molar-refractivity contribution is 7.99. The van der Waals surface area contributed by atoms with Gasteiger partial charge in [-0.15, -0.1) is 0 Å². The van der Waals surface area contributed by atoms with Gasteiger partial charge in [-0.25, -0.2) is 0 Å². The fraction of sp³-hybridized carbons (Fsp3) is 0.